The predicted octanol–water partition coefficient (Wildman–Crippen LogP) is 4.16. The first-order valence-corrected chi connectivity index (χ1v) is 11.0. The lowest BCUT2D eigenvalue weighted by molar-refractivity contribution is -0.141. The summed E-state index contributed by atoms with van der Waals surface area (Å²) in [5, 5.41) is 0. The van der Waals surface area contributed by atoms with Gasteiger partial charge in [0, 0.05) is 29.6 Å². The molecule has 0 amide bonds. The van der Waals surface area contributed by atoms with Crippen molar-refractivity contribution >= 4 is 26.8 Å². The maximum Gasteiger partial charge on any atom is 0.433 e. The van der Waals surface area contributed by atoms with E-state index in [2.05, 4.69) is 11.6 Å². The van der Waals surface area contributed by atoms with E-state index in [0.29, 0.717) is 16.2 Å². The first-order chi connectivity index (χ1) is 13.8. The second-order valence-corrected chi connectivity index (χ2v) is 9.83. The first kappa shape index (κ1) is 22.1. The molecule has 1 aliphatic carbocycles. The number of nitrogens with zero attached hydrogens (tertiary/aromatic N) is 2. The van der Waals surface area contributed by atoms with Crippen LogP contribution < -0.4 is 16.4 Å². The van der Waals surface area contributed by atoms with Crippen molar-refractivity contribution in [2.45, 2.75) is 36.4 Å². The van der Waals surface area contributed by atoms with Gasteiger partial charge in [-0.15, -0.1) is 0 Å². The Morgan fingerprint density at radius 1 is 1.37 bits per heavy atom. The highest BCUT2D eigenvalue weighted by atomic mass is 32.2. The average molecular weight is 440 g/mol. The quantitative estimate of drug-likeness (QED) is 0.626. The van der Waals surface area contributed by atoms with E-state index >= 15 is 0 Å². The molecule has 1 aliphatic rings. The number of aromatic nitrogens is 1. The third-order valence-corrected chi connectivity index (χ3v) is 7.25. The van der Waals surface area contributed by atoms with Crippen LogP contribution in [0.25, 0.3) is 5.70 Å². The van der Waals surface area contributed by atoms with Crippen molar-refractivity contribution in [3.8, 4) is 0 Å². The summed E-state index contributed by atoms with van der Waals surface area (Å²) >= 11 is 0. The normalized spacial score (nSPS) is 17.3. The Hall–Kier alpha value is -2.59. The van der Waals surface area contributed by atoms with Crippen molar-refractivity contribution in [2.75, 3.05) is 23.4 Å². The van der Waals surface area contributed by atoms with Gasteiger partial charge in [0.05, 0.1) is 32.2 Å². The van der Waals surface area contributed by atoms with Crippen LogP contribution >= 0.6 is 0 Å². The highest BCUT2D eigenvalue weighted by Gasteiger charge is 2.40. The van der Waals surface area contributed by atoms with Crippen molar-refractivity contribution in [3.63, 3.8) is 0 Å². The maximum absolute atomic E-state index is 13.0. The van der Waals surface area contributed by atoms with E-state index in [0.717, 1.165) is 30.7 Å². The van der Waals surface area contributed by atoms with Gasteiger partial charge in [0.1, 0.15) is 5.69 Å². The molecule has 1 aromatic heterocycles. The minimum absolute atomic E-state index is 0.0992. The molecule has 1 aromatic carbocycles. The molecule has 6 nitrogen and oxygen atoms in total. The fraction of sp³-hybridized carbons (Fsp3) is 0.350. The van der Waals surface area contributed by atoms with Crippen molar-refractivity contribution in [2.24, 2.45) is 5.73 Å². The van der Waals surface area contributed by atoms with Crippen LogP contribution in [0.3, 0.4) is 0 Å². The molecule has 10 heteroatoms. The van der Waals surface area contributed by atoms with E-state index in [1.54, 1.807) is 26.1 Å². The molecule has 30 heavy (non-hydrogen) atoms. The van der Waals surface area contributed by atoms with Crippen LogP contribution in [0.2, 0.25) is 0 Å². The van der Waals surface area contributed by atoms with Crippen LogP contribution in [0.4, 0.5) is 24.5 Å². The monoisotopic (exact) mass is 439 g/mol. The molecule has 5 N–H and O–H groups in total. The summed E-state index contributed by atoms with van der Waals surface area (Å²) in [7, 11) is -1.55. The fourth-order valence-corrected chi connectivity index (χ4v) is 4.32. The number of nitrogens with one attached hydrogen (secondary N) is 1. The Kier molecular flexibility index (Phi) is 5.36. The lowest BCUT2D eigenvalue weighted by Crippen LogP contribution is -2.22. The van der Waals surface area contributed by atoms with Gasteiger partial charge >= 0.3 is 6.18 Å². The molecule has 0 radical (unpaired) electrons. The van der Waals surface area contributed by atoms with E-state index in [9.17, 15) is 17.4 Å². The molecule has 1 saturated carbocycles. The van der Waals surface area contributed by atoms with Crippen LogP contribution in [0, 0.1) is 4.78 Å². The standard InChI is InChI=1S/C20H24F3N5OS/c1-4-30(26,29)17-9-13(19(25)7-8-19)5-6-14(17)12(2)28(3)16-11-27-18(10-15(16)24)20(21,22)23/h5-6,9-11,26H,2,4,7-8,25H2,1,3H3,(H2,24,27). The van der Waals surface area contributed by atoms with E-state index in [1.165, 1.54) is 4.90 Å². The van der Waals surface area contributed by atoms with Gasteiger partial charge in [0.25, 0.3) is 0 Å². The second kappa shape index (κ2) is 7.28. The van der Waals surface area contributed by atoms with E-state index < -0.39 is 27.1 Å². The number of benzene rings is 1. The van der Waals surface area contributed by atoms with Gasteiger partial charge in [-0.2, -0.15) is 13.2 Å². The van der Waals surface area contributed by atoms with E-state index in [4.69, 9.17) is 16.2 Å². The highest BCUT2D eigenvalue weighted by Crippen LogP contribution is 2.44. The fourth-order valence-electron chi connectivity index (χ4n) is 3.15. The Morgan fingerprint density at radius 2 is 2.00 bits per heavy atom. The van der Waals surface area contributed by atoms with Gasteiger partial charge < -0.3 is 16.4 Å². The van der Waals surface area contributed by atoms with Crippen molar-refractivity contribution in [1.82, 2.24) is 4.98 Å². The molecule has 0 saturated heterocycles. The molecular weight excluding hydrogens is 415 g/mol. The van der Waals surface area contributed by atoms with Crippen molar-refractivity contribution < 1.29 is 17.4 Å². The zero-order valence-corrected chi connectivity index (χ0v) is 17.5. The first-order valence-electron chi connectivity index (χ1n) is 9.26. The van der Waals surface area contributed by atoms with Crippen LogP contribution in [0.5, 0.6) is 0 Å². The summed E-state index contributed by atoms with van der Waals surface area (Å²) < 4.78 is 59.9. The van der Waals surface area contributed by atoms with Gasteiger partial charge in [0.15, 0.2) is 0 Å². The number of rotatable bonds is 6. The van der Waals surface area contributed by atoms with Crippen LogP contribution in [0.1, 0.15) is 36.6 Å². The molecule has 162 valence electrons. The molecule has 3 rings (SSSR count). The molecule has 1 heterocycles. The summed E-state index contributed by atoms with van der Waals surface area (Å²) in [5.41, 5.74) is 12.2. The predicted molar refractivity (Wildman–Crippen MR) is 112 cm³/mol. The molecule has 0 spiro atoms. The number of nitrogens with two attached hydrogens (primary N) is 2. The highest BCUT2D eigenvalue weighted by molar-refractivity contribution is 7.92. The number of hydrogen-bond acceptors (Lipinski definition) is 6. The Bertz CT molecular complexity index is 1110. The Labute approximate surface area is 173 Å². The maximum atomic E-state index is 13.0. The molecule has 0 bridgehead atoms. The van der Waals surface area contributed by atoms with Gasteiger partial charge in [0.2, 0.25) is 0 Å². The van der Waals surface area contributed by atoms with Crippen molar-refractivity contribution in [1.29, 1.82) is 4.78 Å². The van der Waals surface area contributed by atoms with Crippen LogP contribution in [-0.4, -0.2) is 22.0 Å². The smallest absolute Gasteiger partial charge is 0.397 e. The minimum atomic E-state index is -4.61. The molecule has 2 aromatic rings. The number of nitrogen functional groups attached to an aromatic ring is 1. The topological polar surface area (TPSA) is 109 Å². The largest absolute Gasteiger partial charge is 0.433 e. The third kappa shape index (κ3) is 4.01. The summed E-state index contributed by atoms with van der Waals surface area (Å²) in [4.78, 5) is 5.23. The second-order valence-electron chi connectivity index (χ2n) is 7.46. The summed E-state index contributed by atoms with van der Waals surface area (Å²) in [6.45, 7) is 5.67. The van der Waals surface area contributed by atoms with E-state index in [-0.39, 0.29) is 17.1 Å². The summed E-state index contributed by atoms with van der Waals surface area (Å²) in [5.74, 6) is 0.0992. The number of hydrogen-bond donors (Lipinski definition) is 3. The number of alkyl halides is 3. The Balaban J connectivity index is 2.04. The number of halogens is 3. The summed E-state index contributed by atoms with van der Waals surface area (Å²) in [6, 6.07) is 5.96. The molecular formula is C20H24F3N5OS. The van der Waals surface area contributed by atoms with Gasteiger partial charge in [-0.3, -0.25) is 0 Å². The summed E-state index contributed by atoms with van der Waals surface area (Å²) in [6.07, 6.45) is -1.96. The Morgan fingerprint density at radius 3 is 2.50 bits per heavy atom. The lowest BCUT2D eigenvalue weighted by atomic mass is 10.0. The molecule has 1 atom stereocenters. The van der Waals surface area contributed by atoms with Crippen LogP contribution in [-0.2, 0) is 21.4 Å². The lowest BCUT2D eigenvalue weighted by Gasteiger charge is -2.26. The van der Waals surface area contributed by atoms with Crippen molar-refractivity contribution in [3.05, 3.63) is 53.9 Å². The van der Waals surface area contributed by atoms with Crippen LogP contribution in [0.15, 0.2) is 41.9 Å². The van der Waals surface area contributed by atoms with Gasteiger partial charge in [-0.05, 0) is 30.5 Å². The third-order valence-electron chi connectivity index (χ3n) is 5.39. The minimum Gasteiger partial charge on any atom is -0.397 e. The van der Waals surface area contributed by atoms with Gasteiger partial charge in [-0.25, -0.2) is 14.0 Å². The number of pyridine rings is 1. The molecule has 0 aliphatic heterocycles. The molecule has 1 fully saturated rings. The molecule has 1 unspecified atom stereocenters. The zero-order valence-electron chi connectivity index (χ0n) is 16.7. The van der Waals surface area contributed by atoms with E-state index in [1.807, 2.05) is 6.07 Å². The number of anilines is 2. The van der Waals surface area contributed by atoms with Gasteiger partial charge in [-0.1, -0.05) is 25.6 Å². The SMILES string of the molecule is C=C(c1ccc(C2(N)CC2)cc1S(=N)(=O)CC)N(C)c1cnc(C(F)(F)F)cc1N. The zero-order chi connectivity index (χ0) is 22.5. The average Bonchev–Trinajstić information content (AvgIpc) is 3.44.